The van der Waals surface area contributed by atoms with E-state index in [-0.39, 0.29) is 0 Å². The lowest BCUT2D eigenvalue weighted by Crippen LogP contribution is -1.83. The van der Waals surface area contributed by atoms with Crippen molar-refractivity contribution in [2.45, 2.75) is 5.33 Å². The molecule has 0 saturated carbocycles. The van der Waals surface area contributed by atoms with Crippen molar-refractivity contribution in [1.29, 1.82) is 5.26 Å². The topological polar surface area (TPSA) is 36.7 Å². The smallest absolute Gasteiger partial charge is 0.140 e. The highest BCUT2D eigenvalue weighted by molar-refractivity contribution is 9.08. The van der Waals surface area contributed by atoms with Crippen LogP contribution in [0.3, 0.4) is 0 Å². The molecule has 1 heterocycles. The highest BCUT2D eigenvalue weighted by Gasteiger charge is 1.90. The van der Waals surface area contributed by atoms with Gasteiger partial charge < -0.3 is 0 Å². The fourth-order valence-electron chi connectivity index (χ4n) is 0.570. The molecule has 10 heavy (non-hydrogen) atoms. The number of aromatic nitrogens is 1. The maximum Gasteiger partial charge on any atom is 0.140 e. The molecule has 0 aliphatic heterocycles. The van der Waals surface area contributed by atoms with Crippen molar-refractivity contribution in [3.05, 3.63) is 29.6 Å². The number of pyridine rings is 1. The summed E-state index contributed by atoms with van der Waals surface area (Å²) >= 11 is 3.28. The molecule has 0 N–H and O–H groups in total. The van der Waals surface area contributed by atoms with E-state index in [0.717, 1.165) is 10.9 Å². The van der Waals surface area contributed by atoms with Crippen molar-refractivity contribution < 1.29 is 0 Å². The summed E-state index contributed by atoms with van der Waals surface area (Å²) in [6.07, 6.45) is 1.69. The number of nitriles is 1. The standard InChI is InChI=1S/C7H5BrN2/c8-3-6-1-2-7(4-9)10-5-6/h1-2,5H,3H2. The van der Waals surface area contributed by atoms with Crippen LogP contribution in [0.4, 0.5) is 0 Å². The third-order valence-corrected chi connectivity index (χ3v) is 1.74. The number of rotatable bonds is 1. The first-order valence-electron chi connectivity index (χ1n) is 2.78. The monoisotopic (exact) mass is 196 g/mol. The van der Waals surface area contributed by atoms with Gasteiger partial charge in [0.15, 0.2) is 0 Å². The van der Waals surface area contributed by atoms with Gasteiger partial charge in [0.2, 0.25) is 0 Å². The van der Waals surface area contributed by atoms with Crippen molar-refractivity contribution in [3.8, 4) is 6.07 Å². The van der Waals surface area contributed by atoms with Crippen LogP contribution in [0.1, 0.15) is 11.3 Å². The van der Waals surface area contributed by atoms with Crippen molar-refractivity contribution in [1.82, 2.24) is 4.98 Å². The van der Waals surface area contributed by atoms with Gasteiger partial charge in [0.05, 0.1) is 0 Å². The molecule has 1 aromatic heterocycles. The van der Waals surface area contributed by atoms with Gasteiger partial charge in [-0.3, -0.25) is 0 Å². The van der Waals surface area contributed by atoms with Gasteiger partial charge in [-0.15, -0.1) is 0 Å². The Kier molecular flexibility index (Phi) is 2.41. The Labute approximate surface area is 67.6 Å². The third kappa shape index (κ3) is 1.55. The Morgan fingerprint density at radius 1 is 1.60 bits per heavy atom. The zero-order chi connectivity index (χ0) is 7.40. The third-order valence-electron chi connectivity index (χ3n) is 1.09. The maximum absolute atomic E-state index is 8.38. The van der Waals surface area contributed by atoms with Crippen LogP contribution in [-0.4, -0.2) is 4.98 Å². The first kappa shape index (κ1) is 7.23. The Morgan fingerprint density at radius 2 is 2.40 bits per heavy atom. The average Bonchev–Trinajstić information content (AvgIpc) is 2.05. The van der Waals surface area contributed by atoms with Crippen molar-refractivity contribution in [2.75, 3.05) is 0 Å². The molecule has 2 nitrogen and oxygen atoms in total. The minimum absolute atomic E-state index is 0.463. The van der Waals surface area contributed by atoms with Crippen LogP contribution >= 0.6 is 15.9 Å². The molecule has 0 spiro atoms. The number of hydrogen-bond donors (Lipinski definition) is 0. The van der Waals surface area contributed by atoms with Gasteiger partial charge >= 0.3 is 0 Å². The Morgan fingerprint density at radius 3 is 2.80 bits per heavy atom. The summed E-state index contributed by atoms with van der Waals surface area (Å²) in [5, 5.41) is 9.16. The highest BCUT2D eigenvalue weighted by Crippen LogP contribution is 2.03. The van der Waals surface area contributed by atoms with Crippen LogP contribution in [0.25, 0.3) is 0 Å². The van der Waals surface area contributed by atoms with E-state index in [1.54, 1.807) is 12.3 Å². The molecule has 1 rings (SSSR count). The second kappa shape index (κ2) is 3.33. The highest BCUT2D eigenvalue weighted by atomic mass is 79.9. The largest absolute Gasteiger partial charge is 0.245 e. The van der Waals surface area contributed by atoms with Gasteiger partial charge in [-0.1, -0.05) is 22.0 Å². The summed E-state index contributed by atoms with van der Waals surface area (Å²) < 4.78 is 0. The minimum Gasteiger partial charge on any atom is -0.245 e. The maximum atomic E-state index is 8.38. The van der Waals surface area contributed by atoms with Crippen LogP contribution in [-0.2, 0) is 5.33 Å². The quantitative estimate of drug-likeness (QED) is 0.644. The summed E-state index contributed by atoms with van der Waals surface area (Å²) in [6.45, 7) is 0. The van der Waals surface area contributed by atoms with E-state index in [1.807, 2.05) is 12.1 Å². The molecule has 0 aliphatic carbocycles. The normalized spacial score (nSPS) is 8.80. The summed E-state index contributed by atoms with van der Waals surface area (Å²) in [6, 6.07) is 5.53. The fraction of sp³-hybridized carbons (Fsp3) is 0.143. The van der Waals surface area contributed by atoms with Crippen molar-refractivity contribution >= 4 is 15.9 Å². The predicted octanol–water partition coefficient (Wildman–Crippen LogP) is 1.85. The number of nitrogens with zero attached hydrogens (tertiary/aromatic N) is 2. The Hall–Kier alpha value is -0.880. The lowest BCUT2D eigenvalue weighted by Gasteiger charge is -1.91. The van der Waals surface area contributed by atoms with Gasteiger partial charge in [-0.05, 0) is 11.6 Å². The lowest BCUT2D eigenvalue weighted by atomic mass is 10.3. The SMILES string of the molecule is N#Cc1ccc(CBr)cn1. The van der Waals surface area contributed by atoms with Gasteiger partial charge in [-0.2, -0.15) is 5.26 Å². The first-order valence-corrected chi connectivity index (χ1v) is 3.90. The number of alkyl halides is 1. The summed E-state index contributed by atoms with van der Waals surface area (Å²) in [5.74, 6) is 0. The minimum atomic E-state index is 0.463. The van der Waals surface area contributed by atoms with Crippen molar-refractivity contribution in [2.24, 2.45) is 0 Å². The Balaban J connectivity index is 2.93. The van der Waals surface area contributed by atoms with Gasteiger partial charge in [0.1, 0.15) is 11.8 Å². The fourth-order valence-corrected chi connectivity index (χ4v) is 0.901. The van der Waals surface area contributed by atoms with E-state index in [0.29, 0.717) is 5.69 Å². The van der Waals surface area contributed by atoms with E-state index in [2.05, 4.69) is 20.9 Å². The molecule has 0 atom stereocenters. The number of halogens is 1. The predicted molar refractivity (Wildman–Crippen MR) is 41.6 cm³/mol. The van der Waals surface area contributed by atoms with Crippen LogP contribution < -0.4 is 0 Å². The second-order valence-electron chi connectivity index (χ2n) is 1.80. The molecule has 3 heteroatoms. The molecule has 0 bridgehead atoms. The van der Waals surface area contributed by atoms with Crippen LogP contribution in [0.5, 0.6) is 0 Å². The molecular weight excluding hydrogens is 192 g/mol. The summed E-state index contributed by atoms with van der Waals surface area (Å²) in [7, 11) is 0. The van der Waals surface area contributed by atoms with E-state index in [9.17, 15) is 0 Å². The lowest BCUT2D eigenvalue weighted by molar-refractivity contribution is 1.22. The van der Waals surface area contributed by atoms with E-state index in [4.69, 9.17) is 5.26 Å². The number of hydrogen-bond acceptors (Lipinski definition) is 2. The molecule has 1 aromatic rings. The van der Waals surface area contributed by atoms with Crippen LogP contribution in [0.15, 0.2) is 18.3 Å². The van der Waals surface area contributed by atoms with E-state index < -0.39 is 0 Å². The molecule has 0 unspecified atom stereocenters. The molecule has 0 aromatic carbocycles. The van der Waals surface area contributed by atoms with Crippen LogP contribution in [0, 0.1) is 11.3 Å². The molecule has 0 fully saturated rings. The molecular formula is C7H5BrN2. The average molecular weight is 197 g/mol. The summed E-state index contributed by atoms with van der Waals surface area (Å²) in [5.41, 5.74) is 1.55. The zero-order valence-electron chi connectivity index (χ0n) is 5.21. The van der Waals surface area contributed by atoms with Gasteiger partial charge in [0.25, 0.3) is 0 Å². The van der Waals surface area contributed by atoms with Gasteiger partial charge in [-0.25, -0.2) is 4.98 Å². The molecule has 50 valence electrons. The Bertz CT molecular complexity index is 247. The van der Waals surface area contributed by atoms with Gasteiger partial charge in [0, 0.05) is 11.5 Å². The van der Waals surface area contributed by atoms with E-state index in [1.165, 1.54) is 0 Å². The molecule has 0 amide bonds. The second-order valence-corrected chi connectivity index (χ2v) is 2.36. The van der Waals surface area contributed by atoms with E-state index >= 15 is 0 Å². The molecule has 0 saturated heterocycles. The first-order chi connectivity index (χ1) is 4.86. The van der Waals surface area contributed by atoms with Crippen LogP contribution in [0.2, 0.25) is 0 Å². The molecule has 0 radical (unpaired) electrons. The zero-order valence-corrected chi connectivity index (χ0v) is 6.80. The molecule has 0 aliphatic rings. The van der Waals surface area contributed by atoms with Crippen molar-refractivity contribution in [3.63, 3.8) is 0 Å². The summed E-state index contributed by atoms with van der Waals surface area (Å²) in [4.78, 5) is 3.88.